The summed E-state index contributed by atoms with van der Waals surface area (Å²) in [5.74, 6) is 0. The van der Waals surface area contributed by atoms with Gasteiger partial charge in [0.25, 0.3) is 0 Å². The van der Waals surface area contributed by atoms with Crippen molar-refractivity contribution in [1.82, 2.24) is 4.98 Å². The van der Waals surface area contributed by atoms with Crippen LogP contribution >= 0.6 is 15.9 Å². The van der Waals surface area contributed by atoms with E-state index < -0.39 is 0 Å². The van der Waals surface area contributed by atoms with Crippen molar-refractivity contribution in [1.29, 1.82) is 0 Å². The second-order valence-electron chi connectivity index (χ2n) is 6.52. The summed E-state index contributed by atoms with van der Waals surface area (Å²) in [5, 5.41) is 2.45. The average Bonchev–Trinajstić information content (AvgIpc) is 3.10. The van der Waals surface area contributed by atoms with Crippen LogP contribution < -0.4 is 4.90 Å². The minimum atomic E-state index is 1.08. The van der Waals surface area contributed by atoms with Gasteiger partial charge in [0.05, 0.1) is 5.52 Å². The van der Waals surface area contributed by atoms with Crippen LogP contribution in [0.5, 0.6) is 0 Å². The van der Waals surface area contributed by atoms with Crippen LogP contribution in [0.3, 0.4) is 0 Å². The summed E-state index contributed by atoms with van der Waals surface area (Å²) in [4.78, 5) is 5.81. The lowest BCUT2D eigenvalue weighted by atomic mass is 10.1. The van der Waals surface area contributed by atoms with Gasteiger partial charge in [0.2, 0.25) is 0 Å². The van der Waals surface area contributed by atoms with E-state index >= 15 is 0 Å². The predicted molar refractivity (Wildman–Crippen MR) is 118 cm³/mol. The van der Waals surface area contributed by atoms with E-state index in [2.05, 4.69) is 111 Å². The lowest BCUT2D eigenvalue weighted by Gasteiger charge is -2.25. The molecule has 0 bridgehead atoms. The summed E-state index contributed by atoms with van der Waals surface area (Å²) in [7, 11) is 0. The second-order valence-corrected chi connectivity index (χ2v) is 7.38. The molecule has 0 saturated heterocycles. The smallest absolute Gasteiger partial charge is 0.0609 e. The van der Waals surface area contributed by atoms with Gasteiger partial charge in [0, 0.05) is 37.8 Å². The first-order valence-corrected chi connectivity index (χ1v) is 9.71. The minimum absolute atomic E-state index is 1.08. The maximum Gasteiger partial charge on any atom is 0.0609 e. The van der Waals surface area contributed by atoms with Crippen LogP contribution in [-0.2, 0) is 0 Å². The molecule has 0 aliphatic heterocycles. The van der Waals surface area contributed by atoms with Gasteiger partial charge in [-0.3, -0.25) is 0 Å². The Morgan fingerprint density at radius 2 is 1.26 bits per heavy atom. The fourth-order valence-electron chi connectivity index (χ4n) is 3.61. The fraction of sp³-hybridized carbons (Fsp3) is 0. The normalized spacial score (nSPS) is 11.1. The number of H-pyrrole nitrogens is 1. The maximum atomic E-state index is 3.65. The second kappa shape index (κ2) is 6.60. The summed E-state index contributed by atoms with van der Waals surface area (Å²) >= 11 is 3.65. The summed E-state index contributed by atoms with van der Waals surface area (Å²) in [6, 6.07) is 33.9. The van der Waals surface area contributed by atoms with Crippen molar-refractivity contribution >= 4 is 54.8 Å². The monoisotopic (exact) mass is 412 g/mol. The van der Waals surface area contributed by atoms with Crippen molar-refractivity contribution in [2.75, 3.05) is 4.90 Å². The third-order valence-electron chi connectivity index (χ3n) is 4.85. The Balaban J connectivity index is 1.75. The molecular formula is C24H17BrN2. The molecule has 1 N–H and O–H groups in total. The van der Waals surface area contributed by atoms with Crippen LogP contribution in [0, 0.1) is 0 Å². The number of nitrogens with one attached hydrogen (secondary N) is 1. The number of para-hydroxylation sites is 3. The fourth-order valence-corrected chi connectivity index (χ4v) is 4.08. The molecule has 130 valence electrons. The van der Waals surface area contributed by atoms with Crippen LogP contribution in [0.15, 0.2) is 102 Å². The number of aromatic amines is 1. The first-order chi connectivity index (χ1) is 13.3. The Morgan fingerprint density at radius 3 is 1.93 bits per heavy atom. The molecule has 0 spiro atoms. The van der Waals surface area contributed by atoms with E-state index in [1.165, 1.54) is 10.8 Å². The number of hydrogen-bond acceptors (Lipinski definition) is 1. The molecule has 0 fully saturated rings. The van der Waals surface area contributed by atoms with E-state index in [1.807, 2.05) is 12.1 Å². The molecule has 5 aromatic rings. The van der Waals surface area contributed by atoms with Gasteiger partial charge in [0.1, 0.15) is 0 Å². The van der Waals surface area contributed by atoms with Gasteiger partial charge in [0.15, 0.2) is 0 Å². The molecule has 0 amide bonds. The van der Waals surface area contributed by atoms with Crippen LogP contribution in [-0.4, -0.2) is 4.98 Å². The summed E-state index contributed by atoms with van der Waals surface area (Å²) < 4.78 is 1.08. The number of benzene rings is 4. The van der Waals surface area contributed by atoms with Gasteiger partial charge >= 0.3 is 0 Å². The molecule has 1 heterocycles. The highest BCUT2D eigenvalue weighted by Crippen LogP contribution is 2.38. The molecule has 1 aromatic heterocycles. The van der Waals surface area contributed by atoms with Crippen molar-refractivity contribution in [3.8, 4) is 0 Å². The maximum absolute atomic E-state index is 3.65. The lowest BCUT2D eigenvalue weighted by molar-refractivity contribution is 1.29. The van der Waals surface area contributed by atoms with Gasteiger partial charge in [-0.1, -0.05) is 48.5 Å². The van der Waals surface area contributed by atoms with Crippen LogP contribution in [0.4, 0.5) is 17.1 Å². The molecule has 0 aliphatic carbocycles. The Bertz CT molecular complexity index is 1190. The van der Waals surface area contributed by atoms with E-state index in [0.717, 1.165) is 32.6 Å². The molecule has 27 heavy (non-hydrogen) atoms. The molecule has 5 rings (SSSR count). The Morgan fingerprint density at radius 1 is 0.593 bits per heavy atom. The van der Waals surface area contributed by atoms with E-state index in [0.29, 0.717) is 0 Å². The average molecular weight is 413 g/mol. The van der Waals surface area contributed by atoms with Crippen molar-refractivity contribution in [2.45, 2.75) is 0 Å². The number of rotatable bonds is 3. The Hall–Kier alpha value is -3.04. The van der Waals surface area contributed by atoms with E-state index in [-0.39, 0.29) is 0 Å². The van der Waals surface area contributed by atoms with Crippen molar-refractivity contribution < 1.29 is 0 Å². The van der Waals surface area contributed by atoms with Gasteiger partial charge in [-0.2, -0.15) is 0 Å². The molecule has 3 heteroatoms. The van der Waals surface area contributed by atoms with Gasteiger partial charge in [-0.05, 0) is 64.5 Å². The van der Waals surface area contributed by atoms with Crippen LogP contribution in [0.25, 0.3) is 21.8 Å². The molecule has 4 aromatic carbocycles. The lowest BCUT2D eigenvalue weighted by Crippen LogP contribution is -2.09. The van der Waals surface area contributed by atoms with Gasteiger partial charge in [-0.25, -0.2) is 0 Å². The number of halogens is 1. The number of hydrogen-bond donors (Lipinski definition) is 1. The molecule has 0 saturated carbocycles. The van der Waals surface area contributed by atoms with E-state index in [9.17, 15) is 0 Å². The number of nitrogens with zero attached hydrogens (tertiary/aromatic N) is 1. The third-order valence-corrected chi connectivity index (χ3v) is 5.51. The zero-order chi connectivity index (χ0) is 18.2. The van der Waals surface area contributed by atoms with E-state index in [1.54, 1.807) is 0 Å². The predicted octanol–water partition coefficient (Wildman–Crippen LogP) is 7.55. The first kappa shape index (κ1) is 16.2. The van der Waals surface area contributed by atoms with Crippen molar-refractivity contribution in [2.24, 2.45) is 0 Å². The van der Waals surface area contributed by atoms with Crippen molar-refractivity contribution in [3.05, 3.63) is 102 Å². The number of fused-ring (bicyclic) bond motifs is 3. The zero-order valence-corrected chi connectivity index (χ0v) is 16.1. The largest absolute Gasteiger partial charge is 0.354 e. The minimum Gasteiger partial charge on any atom is -0.354 e. The highest BCUT2D eigenvalue weighted by atomic mass is 79.9. The topological polar surface area (TPSA) is 19.0 Å². The van der Waals surface area contributed by atoms with Crippen molar-refractivity contribution in [3.63, 3.8) is 0 Å². The van der Waals surface area contributed by atoms with Gasteiger partial charge < -0.3 is 9.88 Å². The van der Waals surface area contributed by atoms with Crippen LogP contribution in [0.2, 0.25) is 0 Å². The SMILES string of the molecule is Brc1cccc2c1[nH]c1ccc(N(c3ccccc3)c3ccccc3)cc12. The summed E-state index contributed by atoms with van der Waals surface area (Å²) in [5.41, 5.74) is 5.70. The summed E-state index contributed by atoms with van der Waals surface area (Å²) in [6.07, 6.45) is 0. The highest BCUT2D eigenvalue weighted by Gasteiger charge is 2.14. The number of aromatic nitrogens is 1. The quantitative estimate of drug-likeness (QED) is 0.324. The molecule has 0 atom stereocenters. The molecular weight excluding hydrogens is 396 g/mol. The molecule has 0 aliphatic rings. The third kappa shape index (κ3) is 2.81. The zero-order valence-electron chi connectivity index (χ0n) is 14.6. The molecule has 0 radical (unpaired) electrons. The summed E-state index contributed by atoms with van der Waals surface area (Å²) in [6.45, 7) is 0. The molecule has 0 unspecified atom stereocenters. The first-order valence-electron chi connectivity index (χ1n) is 8.91. The Labute approximate surface area is 166 Å². The Kier molecular flexibility index (Phi) is 3.95. The van der Waals surface area contributed by atoms with Crippen LogP contribution in [0.1, 0.15) is 0 Å². The highest BCUT2D eigenvalue weighted by molar-refractivity contribution is 9.10. The number of anilines is 3. The molecule has 2 nitrogen and oxygen atoms in total. The van der Waals surface area contributed by atoms with E-state index in [4.69, 9.17) is 0 Å². The van der Waals surface area contributed by atoms with Gasteiger partial charge in [-0.15, -0.1) is 0 Å². The standard InChI is InChI=1S/C24H17BrN2/c25-22-13-7-12-20-21-16-19(14-15-23(21)26-24(20)22)27(17-8-3-1-4-9-17)18-10-5-2-6-11-18/h1-16,26H.